The van der Waals surface area contributed by atoms with Gasteiger partial charge in [-0.25, -0.2) is 0 Å². The molecule has 2 nitrogen and oxygen atoms in total. The van der Waals surface area contributed by atoms with Crippen molar-refractivity contribution in [1.29, 1.82) is 0 Å². The van der Waals surface area contributed by atoms with Crippen molar-refractivity contribution < 1.29 is 4.74 Å². The van der Waals surface area contributed by atoms with Gasteiger partial charge in [0.15, 0.2) is 0 Å². The molecule has 0 saturated heterocycles. The van der Waals surface area contributed by atoms with Gasteiger partial charge in [0.05, 0.1) is 6.61 Å². The number of unbranched alkanes of at least 4 members (excludes halogenated alkanes) is 2. The van der Waals surface area contributed by atoms with Gasteiger partial charge in [-0.05, 0) is 57.5 Å². The van der Waals surface area contributed by atoms with E-state index >= 15 is 0 Å². The van der Waals surface area contributed by atoms with E-state index in [1.54, 1.807) is 0 Å². The van der Waals surface area contributed by atoms with E-state index in [9.17, 15) is 0 Å². The second-order valence-electron chi connectivity index (χ2n) is 3.92. The molecule has 16 heavy (non-hydrogen) atoms. The third-order valence-electron chi connectivity index (χ3n) is 2.48. The van der Waals surface area contributed by atoms with Gasteiger partial charge in [0, 0.05) is 5.02 Å². The molecule has 1 rings (SSSR count). The summed E-state index contributed by atoms with van der Waals surface area (Å²) in [6.45, 7) is 3.88. The second kappa shape index (κ2) is 7.53. The van der Waals surface area contributed by atoms with Crippen LogP contribution in [-0.2, 0) is 0 Å². The largest absolute Gasteiger partial charge is 0.493 e. The smallest absolute Gasteiger partial charge is 0.123 e. The van der Waals surface area contributed by atoms with E-state index in [4.69, 9.17) is 16.3 Å². The summed E-state index contributed by atoms with van der Waals surface area (Å²) in [5.41, 5.74) is 1.14. The van der Waals surface area contributed by atoms with E-state index in [-0.39, 0.29) is 0 Å². The summed E-state index contributed by atoms with van der Waals surface area (Å²) in [6.07, 6.45) is 3.49. The van der Waals surface area contributed by atoms with Gasteiger partial charge < -0.3 is 10.1 Å². The second-order valence-corrected chi connectivity index (χ2v) is 4.36. The molecule has 1 aromatic carbocycles. The number of aryl methyl sites for hydroxylation is 1. The normalized spacial score (nSPS) is 10.4. The van der Waals surface area contributed by atoms with Gasteiger partial charge >= 0.3 is 0 Å². The van der Waals surface area contributed by atoms with Crippen molar-refractivity contribution >= 4 is 11.6 Å². The first kappa shape index (κ1) is 13.3. The molecule has 0 bridgehead atoms. The third kappa shape index (κ3) is 4.86. The number of ether oxygens (including phenoxy) is 1. The van der Waals surface area contributed by atoms with Crippen LogP contribution < -0.4 is 10.1 Å². The SMILES string of the molecule is CNCCCCCOc1cc(Cl)ccc1C. The first-order valence-corrected chi connectivity index (χ1v) is 6.15. The van der Waals surface area contributed by atoms with Crippen LogP contribution in [0.4, 0.5) is 0 Å². The average Bonchev–Trinajstić information content (AvgIpc) is 2.28. The molecule has 0 aliphatic rings. The zero-order valence-electron chi connectivity index (χ0n) is 10.1. The fraction of sp³-hybridized carbons (Fsp3) is 0.538. The summed E-state index contributed by atoms with van der Waals surface area (Å²) in [7, 11) is 1.98. The molecule has 0 aliphatic heterocycles. The molecule has 0 atom stereocenters. The monoisotopic (exact) mass is 241 g/mol. The number of rotatable bonds is 7. The van der Waals surface area contributed by atoms with E-state index in [2.05, 4.69) is 5.32 Å². The van der Waals surface area contributed by atoms with Crippen LogP contribution >= 0.6 is 11.6 Å². The maximum absolute atomic E-state index is 5.91. The van der Waals surface area contributed by atoms with Crippen LogP contribution in [0.3, 0.4) is 0 Å². The molecule has 1 aromatic rings. The predicted octanol–water partition coefficient (Wildman–Crippen LogP) is 3.42. The topological polar surface area (TPSA) is 21.3 Å². The molecule has 0 saturated carbocycles. The molecule has 0 fully saturated rings. The molecule has 0 heterocycles. The minimum atomic E-state index is 0.732. The Morgan fingerprint density at radius 1 is 1.25 bits per heavy atom. The molecule has 0 spiro atoms. The molecule has 90 valence electrons. The number of hydrogen-bond donors (Lipinski definition) is 1. The van der Waals surface area contributed by atoms with Gasteiger partial charge in [-0.1, -0.05) is 17.7 Å². The lowest BCUT2D eigenvalue weighted by molar-refractivity contribution is 0.303. The lowest BCUT2D eigenvalue weighted by Crippen LogP contribution is -2.08. The van der Waals surface area contributed by atoms with Gasteiger partial charge in [0.1, 0.15) is 5.75 Å². The maximum atomic E-state index is 5.91. The standard InChI is InChI=1S/C13H20ClNO/c1-11-6-7-12(14)10-13(11)16-9-5-3-4-8-15-2/h6-7,10,15H,3-5,8-9H2,1-2H3. The Bertz CT molecular complexity index is 315. The first-order valence-electron chi connectivity index (χ1n) is 5.77. The van der Waals surface area contributed by atoms with E-state index < -0.39 is 0 Å². The number of benzene rings is 1. The third-order valence-corrected chi connectivity index (χ3v) is 2.71. The van der Waals surface area contributed by atoms with Crippen LogP contribution in [0, 0.1) is 6.92 Å². The van der Waals surface area contributed by atoms with E-state index in [0.29, 0.717) is 0 Å². The van der Waals surface area contributed by atoms with Gasteiger partial charge in [-0.3, -0.25) is 0 Å². The zero-order valence-corrected chi connectivity index (χ0v) is 10.8. The van der Waals surface area contributed by atoms with E-state index in [0.717, 1.165) is 35.9 Å². The van der Waals surface area contributed by atoms with Crippen molar-refractivity contribution in [3.05, 3.63) is 28.8 Å². The summed E-state index contributed by atoms with van der Waals surface area (Å²) in [5.74, 6) is 0.904. The van der Waals surface area contributed by atoms with Crippen molar-refractivity contribution in [2.45, 2.75) is 26.2 Å². The molecular formula is C13H20ClNO. The van der Waals surface area contributed by atoms with Crippen LogP contribution in [-0.4, -0.2) is 20.2 Å². The Hall–Kier alpha value is -0.730. The van der Waals surface area contributed by atoms with Crippen LogP contribution in [0.2, 0.25) is 5.02 Å². The molecule has 0 aliphatic carbocycles. The van der Waals surface area contributed by atoms with Crippen molar-refractivity contribution in [2.75, 3.05) is 20.2 Å². The van der Waals surface area contributed by atoms with Crippen molar-refractivity contribution in [2.24, 2.45) is 0 Å². The van der Waals surface area contributed by atoms with E-state index in [1.807, 2.05) is 32.2 Å². The number of halogens is 1. The summed E-state index contributed by atoms with van der Waals surface area (Å²) < 4.78 is 5.69. The molecule has 0 unspecified atom stereocenters. The quantitative estimate of drug-likeness (QED) is 0.739. The summed E-state index contributed by atoms with van der Waals surface area (Å²) in [4.78, 5) is 0. The Morgan fingerprint density at radius 2 is 2.06 bits per heavy atom. The fourth-order valence-corrected chi connectivity index (χ4v) is 1.65. The van der Waals surface area contributed by atoms with Crippen LogP contribution in [0.15, 0.2) is 18.2 Å². The summed E-state index contributed by atoms with van der Waals surface area (Å²) in [6, 6.07) is 5.75. The van der Waals surface area contributed by atoms with Crippen LogP contribution in [0.1, 0.15) is 24.8 Å². The highest BCUT2D eigenvalue weighted by atomic mass is 35.5. The number of hydrogen-bond acceptors (Lipinski definition) is 2. The predicted molar refractivity (Wildman–Crippen MR) is 69.5 cm³/mol. The fourth-order valence-electron chi connectivity index (χ4n) is 1.49. The Labute approximate surface area is 103 Å². The van der Waals surface area contributed by atoms with Gasteiger partial charge in [-0.2, -0.15) is 0 Å². The molecule has 0 aromatic heterocycles. The molecule has 0 radical (unpaired) electrons. The molecular weight excluding hydrogens is 222 g/mol. The Balaban J connectivity index is 2.23. The minimum absolute atomic E-state index is 0.732. The Kier molecular flexibility index (Phi) is 6.27. The van der Waals surface area contributed by atoms with Crippen molar-refractivity contribution in [3.8, 4) is 5.75 Å². The zero-order chi connectivity index (χ0) is 11.8. The van der Waals surface area contributed by atoms with E-state index in [1.165, 1.54) is 12.8 Å². The Morgan fingerprint density at radius 3 is 2.81 bits per heavy atom. The molecule has 0 amide bonds. The maximum Gasteiger partial charge on any atom is 0.123 e. The first-order chi connectivity index (χ1) is 7.74. The van der Waals surface area contributed by atoms with Crippen molar-refractivity contribution in [1.82, 2.24) is 5.32 Å². The highest BCUT2D eigenvalue weighted by molar-refractivity contribution is 6.30. The summed E-state index contributed by atoms with van der Waals surface area (Å²) >= 11 is 5.91. The lowest BCUT2D eigenvalue weighted by Gasteiger charge is -2.09. The minimum Gasteiger partial charge on any atom is -0.493 e. The van der Waals surface area contributed by atoms with Crippen molar-refractivity contribution in [3.63, 3.8) is 0 Å². The van der Waals surface area contributed by atoms with Crippen LogP contribution in [0.5, 0.6) is 5.75 Å². The van der Waals surface area contributed by atoms with Gasteiger partial charge in [0.25, 0.3) is 0 Å². The number of nitrogens with one attached hydrogen (secondary N) is 1. The highest BCUT2D eigenvalue weighted by Crippen LogP contribution is 2.22. The van der Waals surface area contributed by atoms with Gasteiger partial charge in [0.2, 0.25) is 0 Å². The van der Waals surface area contributed by atoms with Crippen LogP contribution in [0.25, 0.3) is 0 Å². The summed E-state index contributed by atoms with van der Waals surface area (Å²) in [5, 5.41) is 3.87. The highest BCUT2D eigenvalue weighted by Gasteiger charge is 2.00. The lowest BCUT2D eigenvalue weighted by atomic mass is 10.2. The van der Waals surface area contributed by atoms with Gasteiger partial charge in [-0.15, -0.1) is 0 Å². The average molecular weight is 242 g/mol. The molecule has 1 N–H and O–H groups in total. The molecule has 3 heteroatoms.